The Morgan fingerprint density at radius 2 is 1.59 bits per heavy atom. The molecule has 1 aliphatic heterocycles. The number of amides is 1. The van der Waals surface area contributed by atoms with Crippen molar-refractivity contribution in [2.45, 2.75) is 6.10 Å². The molecule has 1 aliphatic rings. The van der Waals surface area contributed by atoms with Gasteiger partial charge in [-0.3, -0.25) is 4.79 Å². The topological polar surface area (TPSA) is 66.5 Å². The molecule has 0 aromatic heterocycles. The minimum absolute atomic E-state index is 0.148. The van der Waals surface area contributed by atoms with E-state index in [-0.39, 0.29) is 5.91 Å². The predicted molar refractivity (Wildman–Crippen MR) is 109 cm³/mol. The zero-order chi connectivity index (χ0) is 21.1. The summed E-state index contributed by atoms with van der Waals surface area (Å²) in [5.41, 5.74) is 2.01. The molecule has 1 heterocycles. The number of hydrogen-bond donors (Lipinski definition) is 0. The molecule has 0 saturated heterocycles. The van der Waals surface area contributed by atoms with Crippen molar-refractivity contribution >= 4 is 12.0 Å². The fourth-order valence-electron chi connectivity index (χ4n) is 3.23. The van der Waals surface area contributed by atoms with Crippen LogP contribution in [0.3, 0.4) is 0 Å². The largest absolute Gasteiger partial charge is 0.497 e. The van der Waals surface area contributed by atoms with Crippen LogP contribution in [-0.2, 0) is 4.79 Å². The number of hydrogen-bond acceptors (Lipinski definition) is 6. The molecule has 3 rings (SSSR count). The zero-order valence-corrected chi connectivity index (χ0v) is 17.4. The molecule has 0 aliphatic carbocycles. The third-order valence-electron chi connectivity index (χ3n) is 4.70. The highest BCUT2D eigenvalue weighted by Crippen LogP contribution is 2.45. The van der Waals surface area contributed by atoms with Gasteiger partial charge in [0.2, 0.25) is 5.75 Å². The molecule has 7 nitrogen and oxygen atoms in total. The molecule has 0 spiro atoms. The van der Waals surface area contributed by atoms with Crippen LogP contribution < -0.4 is 23.7 Å². The monoisotopic (exact) mass is 399 g/mol. The van der Waals surface area contributed by atoms with Gasteiger partial charge < -0.3 is 28.6 Å². The molecule has 0 bridgehead atoms. The molecule has 154 valence electrons. The molecule has 0 fully saturated rings. The smallest absolute Gasteiger partial charge is 0.253 e. The van der Waals surface area contributed by atoms with Crippen LogP contribution in [0.1, 0.15) is 17.2 Å². The zero-order valence-electron chi connectivity index (χ0n) is 17.4. The molecule has 0 saturated carbocycles. The Kier molecular flexibility index (Phi) is 5.87. The van der Waals surface area contributed by atoms with Crippen LogP contribution in [0.25, 0.3) is 6.08 Å². The molecule has 0 radical (unpaired) electrons. The standard InChI is InChI=1S/C22H25NO6/c1-23(2)22(24)16-9-13-7-8-15(25-3)12-17(13)29-20(16)14-10-18(26-4)21(28-6)19(11-14)27-5/h7-12,20H,1-6H3. The normalized spacial score (nSPS) is 14.8. The third kappa shape index (κ3) is 3.81. The maximum absolute atomic E-state index is 12.9. The lowest BCUT2D eigenvalue weighted by Gasteiger charge is -2.29. The Bertz CT molecular complexity index is 925. The number of benzene rings is 2. The van der Waals surface area contributed by atoms with Crippen molar-refractivity contribution in [2.24, 2.45) is 0 Å². The van der Waals surface area contributed by atoms with Gasteiger partial charge in [-0.25, -0.2) is 0 Å². The van der Waals surface area contributed by atoms with Gasteiger partial charge in [0.05, 0.1) is 34.0 Å². The lowest BCUT2D eigenvalue weighted by Crippen LogP contribution is -2.29. The van der Waals surface area contributed by atoms with Crippen molar-refractivity contribution in [1.29, 1.82) is 0 Å². The number of likely N-dealkylation sites (N-methyl/N-ethyl adjacent to an activating group) is 1. The second-order valence-corrected chi connectivity index (χ2v) is 6.66. The summed E-state index contributed by atoms with van der Waals surface area (Å²) in [4.78, 5) is 14.4. The number of nitrogens with zero attached hydrogens (tertiary/aromatic N) is 1. The number of ether oxygens (including phenoxy) is 5. The lowest BCUT2D eigenvalue weighted by molar-refractivity contribution is -0.125. The van der Waals surface area contributed by atoms with Gasteiger partial charge in [-0.05, 0) is 30.3 Å². The van der Waals surface area contributed by atoms with Crippen LogP contribution in [0.5, 0.6) is 28.7 Å². The molecule has 1 amide bonds. The second kappa shape index (κ2) is 8.34. The van der Waals surface area contributed by atoms with Crippen molar-refractivity contribution in [2.75, 3.05) is 42.5 Å². The highest BCUT2D eigenvalue weighted by atomic mass is 16.5. The first-order chi connectivity index (χ1) is 13.9. The van der Waals surface area contributed by atoms with Gasteiger partial charge in [0.15, 0.2) is 17.6 Å². The van der Waals surface area contributed by atoms with Gasteiger partial charge in [0.1, 0.15) is 11.5 Å². The fraction of sp³-hybridized carbons (Fsp3) is 0.318. The van der Waals surface area contributed by atoms with Crippen molar-refractivity contribution in [3.05, 3.63) is 47.0 Å². The number of methoxy groups -OCH3 is 4. The third-order valence-corrected chi connectivity index (χ3v) is 4.70. The summed E-state index contributed by atoms with van der Waals surface area (Å²) in [5, 5.41) is 0. The summed E-state index contributed by atoms with van der Waals surface area (Å²) >= 11 is 0. The number of fused-ring (bicyclic) bond motifs is 1. The molecule has 1 unspecified atom stereocenters. The molecular weight excluding hydrogens is 374 g/mol. The van der Waals surface area contributed by atoms with Crippen LogP contribution in [0, 0.1) is 0 Å². The molecular formula is C22H25NO6. The quantitative estimate of drug-likeness (QED) is 0.742. The fourth-order valence-corrected chi connectivity index (χ4v) is 3.23. The average molecular weight is 399 g/mol. The highest BCUT2D eigenvalue weighted by molar-refractivity contribution is 6.00. The summed E-state index contributed by atoms with van der Waals surface area (Å²) < 4.78 is 27.9. The van der Waals surface area contributed by atoms with E-state index in [2.05, 4.69) is 0 Å². The maximum Gasteiger partial charge on any atom is 0.253 e. The van der Waals surface area contributed by atoms with Gasteiger partial charge in [-0.15, -0.1) is 0 Å². The van der Waals surface area contributed by atoms with E-state index in [9.17, 15) is 4.79 Å². The Morgan fingerprint density at radius 1 is 0.931 bits per heavy atom. The van der Waals surface area contributed by atoms with Gasteiger partial charge in [0, 0.05) is 31.3 Å². The molecule has 7 heteroatoms. The van der Waals surface area contributed by atoms with Gasteiger partial charge in [-0.1, -0.05) is 0 Å². The van der Waals surface area contributed by atoms with Crippen LogP contribution in [0.2, 0.25) is 0 Å². The van der Waals surface area contributed by atoms with Crippen LogP contribution in [-0.4, -0.2) is 53.3 Å². The lowest BCUT2D eigenvalue weighted by atomic mass is 9.94. The summed E-state index contributed by atoms with van der Waals surface area (Å²) in [6.45, 7) is 0. The van der Waals surface area contributed by atoms with Crippen molar-refractivity contribution in [3.8, 4) is 28.7 Å². The Morgan fingerprint density at radius 3 is 2.10 bits per heavy atom. The van der Waals surface area contributed by atoms with Crippen LogP contribution in [0.4, 0.5) is 0 Å². The number of rotatable bonds is 6. The Hall–Kier alpha value is -3.35. The van der Waals surface area contributed by atoms with Gasteiger partial charge in [-0.2, -0.15) is 0 Å². The molecule has 2 aromatic rings. The Labute approximate surface area is 170 Å². The molecule has 29 heavy (non-hydrogen) atoms. The highest BCUT2D eigenvalue weighted by Gasteiger charge is 2.32. The first kappa shape index (κ1) is 20.4. The SMILES string of the molecule is COc1ccc2c(c1)OC(c1cc(OC)c(OC)c(OC)c1)C(C(=O)N(C)C)=C2. The van der Waals surface area contributed by atoms with E-state index < -0.39 is 6.10 Å². The summed E-state index contributed by atoms with van der Waals surface area (Å²) in [6.07, 6.45) is 1.19. The van der Waals surface area contributed by atoms with E-state index in [1.165, 1.54) is 4.90 Å². The molecule has 2 aromatic carbocycles. The summed E-state index contributed by atoms with van der Waals surface area (Å²) in [5.74, 6) is 2.59. The summed E-state index contributed by atoms with van der Waals surface area (Å²) in [6, 6.07) is 9.06. The summed E-state index contributed by atoms with van der Waals surface area (Å²) in [7, 11) is 9.64. The minimum Gasteiger partial charge on any atom is -0.497 e. The molecule has 1 atom stereocenters. The van der Waals surface area contributed by atoms with Gasteiger partial charge >= 0.3 is 0 Å². The van der Waals surface area contributed by atoms with E-state index in [4.69, 9.17) is 23.7 Å². The van der Waals surface area contributed by atoms with Gasteiger partial charge in [0.25, 0.3) is 5.91 Å². The van der Waals surface area contributed by atoms with E-state index in [1.54, 1.807) is 60.7 Å². The first-order valence-electron chi connectivity index (χ1n) is 9.01. The van der Waals surface area contributed by atoms with Crippen molar-refractivity contribution in [3.63, 3.8) is 0 Å². The maximum atomic E-state index is 12.9. The Balaban J connectivity index is 2.17. The predicted octanol–water partition coefficient (Wildman–Crippen LogP) is 3.33. The number of carbonyl (C=O) groups excluding carboxylic acids is 1. The first-order valence-corrected chi connectivity index (χ1v) is 9.01. The van der Waals surface area contributed by atoms with E-state index in [0.29, 0.717) is 39.9 Å². The number of carbonyl (C=O) groups is 1. The van der Waals surface area contributed by atoms with E-state index >= 15 is 0 Å². The van der Waals surface area contributed by atoms with Crippen molar-refractivity contribution in [1.82, 2.24) is 4.90 Å². The second-order valence-electron chi connectivity index (χ2n) is 6.66. The van der Waals surface area contributed by atoms with Crippen molar-refractivity contribution < 1.29 is 28.5 Å². The van der Waals surface area contributed by atoms with E-state index in [0.717, 1.165) is 5.56 Å². The minimum atomic E-state index is -0.654. The van der Waals surface area contributed by atoms with E-state index in [1.807, 2.05) is 18.2 Å². The average Bonchev–Trinajstić information content (AvgIpc) is 2.75. The molecule has 0 N–H and O–H groups in total. The van der Waals surface area contributed by atoms with Crippen LogP contribution in [0.15, 0.2) is 35.9 Å². The van der Waals surface area contributed by atoms with Crippen LogP contribution >= 0.6 is 0 Å².